The highest BCUT2D eigenvalue weighted by Crippen LogP contribution is 2.27. The van der Waals surface area contributed by atoms with Crippen LogP contribution < -0.4 is 5.73 Å². The summed E-state index contributed by atoms with van der Waals surface area (Å²) >= 11 is 0. The predicted molar refractivity (Wildman–Crippen MR) is 78.1 cm³/mol. The van der Waals surface area contributed by atoms with E-state index in [2.05, 4.69) is 5.10 Å². The molecule has 106 valence electrons. The first-order valence-electron chi connectivity index (χ1n) is 6.43. The van der Waals surface area contributed by atoms with E-state index >= 15 is 0 Å². The van der Waals surface area contributed by atoms with Crippen LogP contribution >= 0.6 is 0 Å². The zero-order chi connectivity index (χ0) is 15.0. The lowest BCUT2D eigenvalue weighted by Gasteiger charge is -2.04. The number of hydrogen-bond acceptors (Lipinski definition) is 2. The number of halogens is 2. The number of rotatable bonds is 2. The fraction of sp³-hybridized carbons (Fsp3) is 0.0625. The van der Waals surface area contributed by atoms with Crippen molar-refractivity contribution in [2.24, 2.45) is 0 Å². The molecule has 21 heavy (non-hydrogen) atoms. The van der Waals surface area contributed by atoms with E-state index in [1.807, 2.05) is 31.2 Å². The number of aryl methyl sites for hydroxylation is 1. The molecule has 0 aliphatic carbocycles. The molecular weight excluding hydrogens is 272 g/mol. The molecule has 2 aromatic carbocycles. The van der Waals surface area contributed by atoms with Crippen molar-refractivity contribution in [3.05, 3.63) is 65.9 Å². The van der Waals surface area contributed by atoms with Gasteiger partial charge in [0.05, 0.1) is 17.6 Å². The van der Waals surface area contributed by atoms with Gasteiger partial charge in [-0.1, -0.05) is 18.2 Å². The molecule has 0 radical (unpaired) electrons. The molecule has 3 aromatic rings. The Morgan fingerprint density at radius 2 is 1.81 bits per heavy atom. The van der Waals surface area contributed by atoms with Crippen LogP contribution in [0.4, 0.5) is 14.5 Å². The fourth-order valence-corrected chi connectivity index (χ4v) is 2.20. The van der Waals surface area contributed by atoms with E-state index in [0.717, 1.165) is 23.4 Å². The Labute approximate surface area is 120 Å². The largest absolute Gasteiger partial charge is 0.396 e. The summed E-state index contributed by atoms with van der Waals surface area (Å²) in [7, 11) is 0. The van der Waals surface area contributed by atoms with Crippen molar-refractivity contribution in [3.63, 3.8) is 0 Å². The molecule has 0 fully saturated rings. The van der Waals surface area contributed by atoms with Gasteiger partial charge in [0.1, 0.15) is 5.69 Å². The van der Waals surface area contributed by atoms with Gasteiger partial charge in [0, 0.05) is 5.56 Å². The normalized spacial score (nSPS) is 10.8. The zero-order valence-corrected chi connectivity index (χ0v) is 11.3. The van der Waals surface area contributed by atoms with Gasteiger partial charge >= 0.3 is 0 Å². The predicted octanol–water partition coefficient (Wildman–Crippen LogP) is 3.71. The van der Waals surface area contributed by atoms with Crippen molar-refractivity contribution in [1.82, 2.24) is 9.78 Å². The van der Waals surface area contributed by atoms with E-state index in [-0.39, 0.29) is 0 Å². The SMILES string of the molecule is Cc1ccccc1-n1cc(N)c(-c2ccc(F)c(F)c2)n1. The second kappa shape index (κ2) is 5.01. The van der Waals surface area contributed by atoms with Gasteiger partial charge in [-0.3, -0.25) is 0 Å². The highest BCUT2D eigenvalue weighted by Gasteiger charge is 2.12. The van der Waals surface area contributed by atoms with Crippen molar-refractivity contribution < 1.29 is 8.78 Å². The Balaban J connectivity index is 2.10. The third kappa shape index (κ3) is 2.38. The van der Waals surface area contributed by atoms with Crippen LogP contribution in [0.2, 0.25) is 0 Å². The first kappa shape index (κ1) is 13.3. The summed E-state index contributed by atoms with van der Waals surface area (Å²) in [4.78, 5) is 0. The standard InChI is InChI=1S/C16H13F2N3/c1-10-4-2-3-5-15(10)21-9-14(19)16(20-21)11-6-7-12(17)13(18)8-11/h2-9H,19H2,1H3. The second-order valence-electron chi connectivity index (χ2n) is 4.79. The smallest absolute Gasteiger partial charge is 0.159 e. The molecule has 0 atom stereocenters. The number of anilines is 1. The van der Waals surface area contributed by atoms with Crippen molar-refractivity contribution in [2.45, 2.75) is 6.92 Å². The van der Waals surface area contributed by atoms with E-state index in [9.17, 15) is 8.78 Å². The lowest BCUT2D eigenvalue weighted by atomic mass is 10.1. The molecule has 0 saturated heterocycles. The summed E-state index contributed by atoms with van der Waals surface area (Å²) in [6.07, 6.45) is 1.67. The van der Waals surface area contributed by atoms with Gasteiger partial charge in [-0.05, 0) is 36.8 Å². The van der Waals surface area contributed by atoms with Crippen molar-refractivity contribution >= 4 is 5.69 Å². The van der Waals surface area contributed by atoms with Crippen LogP contribution in [0, 0.1) is 18.6 Å². The number of nitrogen functional groups attached to an aromatic ring is 1. The molecule has 5 heteroatoms. The van der Waals surface area contributed by atoms with Crippen LogP contribution in [0.25, 0.3) is 16.9 Å². The summed E-state index contributed by atoms with van der Waals surface area (Å²) in [6.45, 7) is 1.96. The Kier molecular flexibility index (Phi) is 3.17. The lowest BCUT2D eigenvalue weighted by Crippen LogP contribution is -1.97. The van der Waals surface area contributed by atoms with E-state index in [4.69, 9.17) is 5.73 Å². The van der Waals surface area contributed by atoms with Crippen molar-refractivity contribution in [1.29, 1.82) is 0 Å². The van der Waals surface area contributed by atoms with Gasteiger partial charge < -0.3 is 5.73 Å². The minimum Gasteiger partial charge on any atom is -0.396 e. The van der Waals surface area contributed by atoms with E-state index in [1.165, 1.54) is 6.07 Å². The molecule has 3 rings (SSSR count). The first-order chi connectivity index (χ1) is 10.1. The minimum absolute atomic E-state index is 0.407. The van der Waals surface area contributed by atoms with Crippen LogP contribution in [0.1, 0.15) is 5.56 Å². The maximum absolute atomic E-state index is 13.3. The zero-order valence-electron chi connectivity index (χ0n) is 11.3. The molecule has 2 N–H and O–H groups in total. The highest BCUT2D eigenvalue weighted by atomic mass is 19.2. The third-order valence-electron chi connectivity index (χ3n) is 3.30. The number of nitrogens with zero attached hydrogens (tertiary/aromatic N) is 2. The Morgan fingerprint density at radius 1 is 1.05 bits per heavy atom. The molecule has 1 heterocycles. The summed E-state index contributed by atoms with van der Waals surface area (Å²) in [5.41, 5.74) is 9.15. The van der Waals surface area contributed by atoms with Gasteiger partial charge in [0.15, 0.2) is 11.6 Å². The quantitative estimate of drug-likeness (QED) is 0.780. The molecule has 3 nitrogen and oxygen atoms in total. The van der Waals surface area contributed by atoms with Crippen molar-refractivity contribution in [3.8, 4) is 16.9 Å². The summed E-state index contributed by atoms with van der Waals surface area (Å²) in [6, 6.07) is 11.3. The topological polar surface area (TPSA) is 43.8 Å². The van der Waals surface area contributed by atoms with Gasteiger partial charge in [0.2, 0.25) is 0 Å². The average molecular weight is 285 g/mol. The minimum atomic E-state index is -0.919. The summed E-state index contributed by atoms with van der Waals surface area (Å²) < 4.78 is 28.0. The maximum atomic E-state index is 13.3. The van der Waals surface area contributed by atoms with Gasteiger partial charge in [-0.25, -0.2) is 13.5 Å². The van der Waals surface area contributed by atoms with Crippen LogP contribution in [0.15, 0.2) is 48.7 Å². The van der Waals surface area contributed by atoms with Gasteiger partial charge in [-0.2, -0.15) is 5.10 Å². The van der Waals surface area contributed by atoms with E-state index < -0.39 is 11.6 Å². The van der Waals surface area contributed by atoms with E-state index in [1.54, 1.807) is 10.9 Å². The molecule has 0 spiro atoms. The molecule has 0 aliphatic heterocycles. The number of nitrogens with two attached hydrogens (primary N) is 1. The molecule has 1 aromatic heterocycles. The molecular formula is C16H13F2N3. The Morgan fingerprint density at radius 3 is 2.52 bits per heavy atom. The van der Waals surface area contributed by atoms with Crippen molar-refractivity contribution in [2.75, 3.05) is 5.73 Å². The van der Waals surface area contributed by atoms with E-state index in [0.29, 0.717) is 16.9 Å². The number of aromatic nitrogens is 2. The molecule has 0 unspecified atom stereocenters. The maximum Gasteiger partial charge on any atom is 0.159 e. The van der Waals surface area contributed by atoms with Crippen LogP contribution in [0.5, 0.6) is 0 Å². The molecule has 0 amide bonds. The number of benzene rings is 2. The molecule has 0 bridgehead atoms. The monoisotopic (exact) mass is 285 g/mol. The van der Waals surface area contributed by atoms with Crippen LogP contribution in [0.3, 0.4) is 0 Å². The molecule has 0 saturated carbocycles. The molecule has 0 aliphatic rings. The fourth-order valence-electron chi connectivity index (χ4n) is 2.20. The van der Waals surface area contributed by atoms with Crippen LogP contribution in [-0.4, -0.2) is 9.78 Å². The summed E-state index contributed by atoms with van der Waals surface area (Å²) in [5.74, 6) is -1.81. The number of para-hydroxylation sites is 1. The average Bonchev–Trinajstić information content (AvgIpc) is 2.84. The first-order valence-corrected chi connectivity index (χ1v) is 6.43. The van der Waals surface area contributed by atoms with Gasteiger partial charge in [0.25, 0.3) is 0 Å². The number of hydrogen-bond donors (Lipinski definition) is 1. The van der Waals surface area contributed by atoms with Crippen LogP contribution in [-0.2, 0) is 0 Å². The lowest BCUT2D eigenvalue weighted by molar-refractivity contribution is 0.509. The van der Waals surface area contributed by atoms with Gasteiger partial charge in [-0.15, -0.1) is 0 Å². The Hall–Kier alpha value is -2.69. The Bertz CT molecular complexity index is 809. The second-order valence-corrected chi connectivity index (χ2v) is 4.79. The third-order valence-corrected chi connectivity index (χ3v) is 3.30. The highest BCUT2D eigenvalue weighted by molar-refractivity contribution is 5.72. The summed E-state index contributed by atoms with van der Waals surface area (Å²) in [5, 5.41) is 4.38.